The van der Waals surface area contributed by atoms with E-state index < -0.39 is 26.4 Å². The van der Waals surface area contributed by atoms with Gasteiger partial charge < -0.3 is 15.2 Å². The summed E-state index contributed by atoms with van der Waals surface area (Å²) >= 11 is 0. The van der Waals surface area contributed by atoms with E-state index in [1.807, 2.05) is 0 Å². The number of nitrogens with zero attached hydrogens (tertiary/aromatic N) is 1. The molecule has 3 rings (SSSR count). The zero-order valence-electron chi connectivity index (χ0n) is 10.4. The molecule has 106 valence electrons. The lowest BCUT2D eigenvalue weighted by molar-refractivity contribution is 0.126. The molecule has 2 unspecified atom stereocenters. The highest BCUT2D eigenvalue weighted by molar-refractivity contribution is 7.93. The smallest absolute Gasteiger partial charge is 0.157 e. The van der Waals surface area contributed by atoms with Gasteiger partial charge in [-0.05, 0) is 12.8 Å². The van der Waals surface area contributed by atoms with Gasteiger partial charge in [-0.2, -0.15) is 0 Å². The molecule has 19 heavy (non-hydrogen) atoms. The highest BCUT2D eigenvalue weighted by atomic mass is 32.2. The third kappa shape index (κ3) is 2.00. The molecule has 1 aliphatic carbocycles. The van der Waals surface area contributed by atoms with Crippen LogP contribution in [0, 0.1) is 11.8 Å². The van der Waals surface area contributed by atoms with Crippen LogP contribution in [-0.2, 0) is 16.3 Å². The van der Waals surface area contributed by atoms with E-state index >= 15 is 0 Å². The van der Waals surface area contributed by atoms with E-state index in [1.54, 1.807) is 6.20 Å². The second kappa shape index (κ2) is 4.57. The maximum absolute atomic E-state index is 12.6. The van der Waals surface area contributed by atoms with Gasteiger partial charge >= 0.3 is 0 Å². The number of hydrogen-bond donors (Lipinski definition) is 3. The van der Waals surface area contributed by atoms with Crippen molar-refractivity contribution >= 4 is 9.84 Å². The predicted octanol–water partition coefficient (Wildman–Crippen LogP) is -0.503. The third-order valence-corrected chi connectivity index (χ3v) is 7.32. The van der Waals surface area contributed by atoms with Gasteiger partial charge in [-0.25, -0.2) is 13.4 Å². The van der Waals surface area contributed by atoms with E-state index in [9.17, 15) is 18.6 Å². The Balaban J connectivity index is 1.86. The molecule has 0 bridgehead atoms. The fourth-order valence-electron chi connectivity index (χ4n) is 3.67. The Morgan fingerprint density at radius 1 is 1.42 bits per heavy atom. The number of rotatable bonds is 3. The SMILES string of the molecule is O=S1(=O)C2C(C[C@@H]1Cc1cnc[nH]1)[C@H](O)C[C@H]2CO. The van der Waals surface area contributed by atoms with Crippen molar-refractivity contribution in [3.8, 4) is 0 Å². The lowest BCUT2D eigenvalue weighted by atomic mass is 9.97. The van der Waals surface area contributed by atoms with E-state index in [1.165, 1.54) is 6.33 Å². The summed E-state index contributed by atoms with van der Waals surface area (Å²) in [7, 11) is -3.30. The number of hydrogen-bond acceptors (Lipinski definition) is 5. The zero-order valence-corrected chi connectivity index (χ0v) is 11.3. The Bertz CT molecular complexity index is 542. The van der Waals surface area contributed by atoms with Crippen molar-refractivity contribution in [2.24, 2.45) is 11.8 Å². The molecule has 2 aliphatic rings. The highest BCUT2D eigenvalue weighted by Gasteiger charge is 2.57. The summed E-state index contributed by atoms with van der Waals surface area (Å²) < 4.78 is 25.1. The molecule has 6 nitrogen and oxygen atoms in total. The van der Waals surface area contributed by atoms with E-state index in [4.69, 9.17) is 0 Å². The van der Waals surface area contributed by atoms with Crippen molar-refractivity contribution < 1.29 is 18.6 Å². The van der Waals surface area contributed by atoms with E-state index in [0.29, 0.717) is 19.3 Å². The number of nitrogens with one attached hydrogen (secondary N) is 1. The number of fused-ring (bicyclic) bond motifs is 1. The maximum atomic E-state index is 12.6. The molecule has 0 aromatic carbocycles. The number of aliphatic hydroxyl groups excluding tert-OH is 2. The number of imidazole rings is 1. The van der Waals surface area contributed by atoms with Crippen molar-refractivity contribution in [2.45, 2.75) is 35.9 Å². The summed E-state index contributed by atoms with van der Waals surface area (Å²) in [5, 5.41) is 18.2. The Labute approximate surface area is 111 Å². The van der Waals surface area contributed by atoms with Crippen LogP contribution in [0.3, 0.4) is 0 Å². The molecule has 2 fully saturated rings. The predicted molar refractivity (Wildman–Crippen MR) is 68.1 cm³/mol. The molecular weight excluding hydrogens is 268 g/mol. The van der Waals surface area contributed by atoms with Gasteiger partial charge in [0.25, 0.3) is 0 Å². The van der Waals surface area contributed by atoms with Crippen molar-refractivity contribution in [1.29, 1.82) is 0 Å². The second-order valence-corrected chi connectivity index (χ2v) is 7.99. The molecule has 1 saturated heterocycles. The standard InChI is InChI=1S/C12H18N2O4S/c15-5-7-1-11(16)10-3-9(19(17,18)12(7)10)2-8-4-13-6-14-8/h4,6-7,9-12,15-16H,1-3,5H2,(H,13,14)/t7-,9-,10?,11+,12?/m0/s1. The zero-order chi connectivity index (χ0) is 13.6. The van der Waals surface area contributed by atoms with Gasteiger partial charge in [0, 0.05) is 36.8 Å². The summed E-state index contributed by atoms with van der Waals surface area (Å²) in [6.45, 7) is -0.172. The van der Waals surface area contributed by atoms with Gasteiger partial charge in [-0.3, -0.25) is 0 Å². The number of H-pyrrole nitrogens is 1. The number of aromatic amines is 1. The second-order valence-electron chi connectivity index (χ2n) is 5.60. The van der Waals surface area contributed by atoms with E-state index in [0.717, 1.165) is 5.69 Å². The molecule has 2 heterocycles. The fraction of sp³-hybridized carbons (Fsp3) is 0.750. The number of aromatic nitrogens is 2. The first kappa shape index (κ1) is 13.1. The summed E-state index contributed by atoms with van der Waals surface area (Å²) in [4.78, 5) is 6.81. The van der Waals surface area contributed by atoms with Crippen LogP contribution in [0.1, 0.15) is 18.5 Å². The molecule has 7 heteroatoms. The van der Waals surface area contributed by atoms with Crippen LogP contribution in [0.2, 0.25) is 0 Å². The van der Waals surface area contributed by atoms with Crippen molar-refractivity contribution in [3.63, 3.8) is 0 Å². The van der Waals surface area contributed by atoms with Gasteiger partial charge in [0.15, 0.2) is 9.84 Å². The van der Waals surface area contributed by atoms with Gasteiger partial charge in [-0.15, -0.1) is 0 Å². The average Bonchev–Trinajstić information content (AvgIpc) is 3.02. The summed E-state index contributed by atoms with van der Waals surface area (Å²) in [5.74, 6) is -0.549. The van der Waals surface area contributed by atoms with Crippen LogP contribution >= 0.6 is 0 Å². The molecule has 1 aromatic rings. The van der Waals surface area contributed by atoms with Crippen LogP contribution in [0.25, 0.3) is 0 Å². The minimum absolute atomic E-state index is 0.172. The van der Waals surface area contributed by atoms with Crippen molar-refractivity contribution in [2.75, 3.05) is 6.61 Å². The van der Waals surface area contributed by atoms with Crippen molar-refractivity contribution in [1.82, 2.24) is 9.97 Å². The van der Waals surface area contributed by atoms with Gasteiger partial charge in [0.1, 0.15) is 0 Å². The highest BCUT2D eigenvalue weighted by Crippen LogP contribution is 2.47. The quantitative estimate of drug-likeness (QED) is 0.695. The van der Waals surface area contributed by atoms with Gasteiger partial charge in [-0.1, -0.05) is 0 Å². The fourth-order valence-corrected chi connectivity index (χ4v) is 6.53. The minimum Gasteiger partial charge on any atom is -0.396 e. The molecule has 1 saturated carbocycles. The van der Waals surface area contributed by atoms with E-state index in [2.05, 4.69) is 9.97 Å². The van der Waals surface area contributed by atoms with Crippen LogP contribution < -0.4 is 0 Å². The molecule has 0 spiro atoms. The molecule has 5 atom stereocenters. The summed E-state index contributed by atoms with van der Waals surface area (Å²) in [5.41, 5.74) is 0.795. The van der Waals surface area contributed by atoms with Gasteiger partial charge in [0.05, 0.1) is 22.9 Å². The molecule has 0 radical (unpaired) electrons. The largest absolute Gasteiger partial charge is 0.396 e. The molecule has 1 aromatic heterocycles. The summed E-state index contributed by atoms with van der Waals surface area (Å²) in [6.07, 6.45) is 3.82. The molecular formula is C12H18N2O4S. The lowest BCUT2D eigenvalue weighted by Crippen LogP contribution is -2.31. The van der Waals surface area contributed by atoms with E-state index in [-0.39, 0.29) is 18.4 Å². The summed E-state index contributed by atoms with van der Waals surface area (Å²) in [6, 6.07) is 0. The third-order valence-electron chi connectivity index (χ3n) is 4.54. The van der Waals surface area contributed by atoms with Crippen LogP contribution in [0.4, 0.5) is 0 Å². The van der Waals surface area contributed by atoms with Gasteiger partial charge in [0.2, 0.25) is 0 Å². The first-order valence-electron chi connectivity index (χ1n) is 6.53. The van der Waals surface area contributed by atoms with Crippen LogP contribution in [-0.4, -0.2) is 51.8 Å². The van der Waals surface area contributed by atoms with Crippen LogP contribution in [0.15, 0.2) is 12.5 Å². The Kier molecular flexibility index (Phi) is 3.15. The Morgan fingerprint density at radius 2 is 2.21 bits per heavy atom. The Hall–Kier alpha value is -0.920. The topological polar surface area (TPSA) is 103 Å². The number of aliphatic hydroxyl groups is 2. The normalized spacial score (nSPS) is 40.4. The first-order valence-corrected chi connectivity index (χ1v) is 8.14. The number of sulfone groups is 1. The maximum Gasteiger partial charge on any atom is 0.157 e. The Morgan fingerprint density at radius 3 is 2.84 bits per heavy atom. The van der Waals surface area contributed by atoms with Crippen LogP contribution in [0.5, 0.6) is 0 Å². The molecule has 3 N–H and O–H groups in total. The molecule has 0 amide bonds. The average molecular weight is 286 g/mol. The minimum atomic E-state index is -3.30. The lowest BCUT2D eigenvalue weighted by Gasteiger charge is -2.17. The molecule has 1 aliphatic heterocycles. The first-order chi connectivity index (χ1) is 9.04. The monoisotopic (exact) mass is 286 g/mol. The van der Waals surface area contributed by atoms with Crippen molar-refractivity contribution in [3.05, 3.63) is 18.2 Å².